The normalized spacial score (nSPS) is 9.83. The molecule has 0 aliphatic rings. The summed E-state index contributed by atoms with van der Waals surface area (Å²) in [5.41, 5.74) is 6.16. The summed E-state index contributed by atoms with van der Waals surface area (Å²) in [6.45, 7) is 0. The van der Waals surface area contributed by atoms with Crippen LogP contribution >= 0.6 is 11.6 Å². The highest BCUT2D eigenvalue weighted by molar-refractivity contribution is 6.31. The van der Waals surface area contributed by atoms with Gasteiger partial charge in [0.05, 0.1) is 16.3 Å². The molecular weight excluding hydrogens is 255 g/mol. The maximum atomic E-state index is 12.9. The third kappa shape index (κ3) is 2.53. The third-order valence-electron chi connectivity index (χ3n) is 2.26. The van der Waals surface area contributed by atoms with Crippen LogP contribution in [0.1, 0.15) is 5.56 Å². The number of rotatable bonds is 2. The van der Waals surface area contributed by atoms with Crippen LogP contribution in [0.4, 0.5) is 10.1 Å². The number of hydrogen-bond acceptors (Lipinski definition) is 3. The Morgan fingerprint density at radius 3 is 2.61 bits per heavy atom. The van der Waals surface area contributed by atoms with Gasteiger partial charge in [-0.05, 0) is 24.3 Å². The van der Waals surface area contributed by atoms with Crippen molar-refractivity contribution >= 4 is 17.3 Å². The zero-order chi connectivity index (χ0) is 13.1. The summed E-state index contributed by atoms with van der Waals surface area (Å²) in [6.07, 6.45) is 0. The van der Waals surface area contributed by atoms with E-state index < -0.39 is 5.82 Å². The van der Waals surface area contributed by atoms with Crippen LogP contribution in [-0.2, 0) is 0 Å². The number of benzene rings is 2. The van der Waals surface area contributed by atoms with Crippen molar-refractivity contribution < 1.29 is 9.13 Å². The minimum atomic E-state index is -0.433. The van der Waals surface area contributed by atoms with E-state index in [2.05, 4.69) is 0 Å². The topological polar surface area (TPSA) is 59.0 Å². The number of nitrogens with zero attached hydrogens (tertiary/aromatic N) is 1. The third-order valence-corrected chi connectivity index (χ3v) is 2.57. The van der Waals surface area contributed by atoms with E-state index in [1.165, 1.54) is 30.3 Å². The second-order valence-corrected chi connectivity index (χ2v) is 3.94. The molecule has 90 valence electrons. The maximum absolute atomic E-state index is 12.9. The van der Waals surface area contributed by atoms with Crippen LogP contribution < -0.4 is 10.5 Å². The molecule has 5 heteroatoms. The highest BCUT2D eigenvalue weighted by Crippen LogP contribution is 2.30. The Hall–Kier alpha value is -2.25. The van der Waals surface area contributed by atoms with E-state index in [-0.39, 0.29) is 10.7 Å². The molecule has 2 aromatic rings. The minimum absolute atomic E-state index is 0.190. The summed E-state index contributed by atoms with van der Waals surface area (Å²) in [7, 11) is 0. The van der Waals surface area contributed by atoms with Crippen molar-refractivity contribution in [2.75, 3.05) is 5.73 Å². The molecule has 2 N–H and O–H groups in total. The number of nitriles is 1. The number of ether oxygens (including phenoxy) is 1. The fourth-order valence-corrected chi connectivity index (χ4v) is 1.60. The monoisotopic (exact) mass is 262 g/mol. The van der Waals surface area contributed by atoms with E-state index in [1.54, 1.807) is 6.07 Å². The number of nitrogens with two attached hydrogens (primary N) is 1. The first kappa shape index (κ1) is 12.2. The molecular formula is C13H8ClFN2O. The zero-order valence-electron chi connectivity index (χ0n) is 9.15. The number of halogens is 2. The molecule has 0 atom stereocenters. The van der Waals surface area contributed by atoms with Gasteiger partial charge in [0.25, 0.3) is 0 Å². The summed E-state index contributed by atoms with van der Waals surface area (Å²) in [6, 6.07) is 10.4. The first-order chi connectivity index (χ1) is 8.60. The molecule has 0 aliphatic carbocycles. The van der Waals surface area contributed by atoms with Crippen molar-refractivity contribution in [3.63, 3.8) is 0 Å². The first-order valence-corrected chi connectivity index (χ1v) is 5.40. The van der Waals surface area contributed by atoms with Crippen molar-refractivity contribution in [1.29, 1.82) is 5.26 Å². The average Bonchev–Trinajstić information content (AvgIpc) is 2.33. The highest BCUT2D eigenvalue weighted by atomic mass is 35.5. The van der Waals surface area contributed by atoms with Crippen LogP contribution in [0.15, 0.2) is 36.4 Å². The molecule has 18 heavy (non-hydrogen) atoms. The van der Waals surface area contributed by atoms with Crippen molar-refractivity contribution in [2.45, 2.75) is 0 Å². The van der Waals surface area contributed by atoms with Crippen LogP contribution in [0.5, 0.6) is 11.5 Å². The maximum Gasteiger partial charge on any atom is 0.150 e. The van der Waals surface area contributed by atoms with Gasteiger partial charge in [-0.25, -0.2) is 4.39 Å². The summed E-state index contributed by atoms with van der Waals surface area (Å²) >= 11 is 5.87. The average molecular weight is 263 g/mol. The van der Waals surface area contributed by atoms with Gasteiger partial charge in [0, 0.05) is 12.1 Å². The molecule has 0 saturated heterocycles. The molecule has 3 nitrogen and oxygen atoms in total. The molecule has 2 rings (SSSR count). The molecule has 0 radical (unpaired) electrons. The molecule has 0 aliphatic heterocycles. The molecule has 0 heterocycles. The van der Waals surface area contributed by atoms with E-state index >= 15 is 0 Å². The summed E-state index contributed by atoms with van der Waals surface area (Å²) in [5, 5.41) is 9.02. The Morgan fingerprint density at radius 1 is 1.22 bits per heavy atom. The Kier molecular flexibility index (Phi) is 3.35. The van der Waals surface area contributed by atoms with Crippen molar-refractivity contribution in [2.24, 2.45) is 0 Å². The molecule has 0 saturated carbocycles. The standard InChI is InChI=1S/C13H8ClFN2O/c14-11-6-10(3-1-8(11)7-16)18-13-4-2-9(15)5-12(13)17/h1-6H,17H2. The van der Waals surface area contributed by atoms with Crippen LogP contribution in [-0.4, -0.2) is 0 Å². The lowest BCUT2D eigenvalue weighted by molar-refractivity contribution is 0.483. The van der Waals surface area contributed by atoms with E-state index in [1.807, 2.05) is 6.07 Å². The Balaban J connectivity index is 2.29. The fraction of sp³-hybridized carbons (Fsp3) is 0. The Bertz CT molecular complexity index is 637. The Morgan fingerprint density at radius 2 is 2.00 bits per heavy atom. The largest absolute Gasteiger partial charge is 0.455 e. The molecule has 0 unspecified atom stereocenters. The molecule has 0 bridgehead atoms. The SMILES string of the molecule is N#Cc1ccc(Oc2ccc(F)cc2N)cc1Cl. The van der Waals surface area contributed by atoms with E-state index in [4.69, 9.17) is 27.3 Å². The fourth-order valence-electron chi connectivity index (χ4n) is 1.39. The molecule has 0 aromatic heterocycles. The molecule has 0 fully saturated rings. The van der Waals surface area contributed by atoms with Crippen LogP contribution in [0.2, 0.25) is 5.02 Å². The van der Waals surface area contributed by atoms with E-state index in [0.717, 1.165) is 0 Å². The lowest BCUT2D eigenvalue weighted by Gasteiger charge is -2.08. The van der Waals surface area contributed by atoms with Gasteiger partial charge in [0.1, 0.15) is 17.6 Å². The minimum Gasteiger partial charge on any atom is -0.455 e. The van der Waals surface area contributed by atoms with Gasteiger partial charge in [-0.1, -0.05) is 11.6 Å². The zero-order valence-corrected chi connectivity index (χ0v) is 9.91. The van der Waals surface area contributed by atoms with Gasteiger partial charge in [-0.15, -0.1) is 0 Å². The second-order valence-electron chi connectivity index (χ2n) is 3.54. The van der Waals surface area contributed by atoms with Crippen LogP contribution in [0, 0.1) is 17.1 Å². The van der Waals surface area contributed by atoms with Gasteiger partial charge in [0.15, 0.2) is 5.75 Å². The number of anilines is 1. The van der Waals surface area contributed by atoms with Crippen LogP contribution in [0.25, 0.3) is 0 Å². The van der Waals surface area contributed by atoms with Gasteiger partial charge in [-0.2, -0.15) is 5.26 Å². The lowest BCUT2D eigenvalue weighted by atomic mass is 10.2. The van der Waals surface area contributed by atoms with Gasteiger partial charge in [-0.3, -0.25) is 0 Å². The summed E-state index contributed by atoms with van der Waals surface area (Å²) in [4.78, 5) is 0. The first-order valence-electron chi connectivity index (χ1n) is 5.02. The van der Waals surface area contributed by atoms with Crippen molar-refractivity contribution in [1.82, 2.24) is 0 Å². The van der Waals surface area contributed by atoms with E-state index in [9.17, 15) is 4.39 Å². The smallest absolute Gasteiger partial charge is 0.150 e. The molecule has 0 amide bonds. The summed E-state index contributed by atoms with van der Waals surface area (Å²) in [5.74, 6) is 0.326. The van der Waals surface area contributed by atoms with Crippen LogP contribution in [0.3, 0.4) is 0 Å². The predicted molar refractivity (Wildman–Crippen MR) is 67.1 cm³/mol. The number of hydrogen-bond donors (Lipinski definition) is 1. The number of nitrogen functional groups attached to an aromatic ring is 1. The highest BCUT2D eigenvalue weighted by Gasteiger charge is 2.06. The predicted octanol–water partition coefficient (Wildman–Crippen LogP) is 3.73. The Labute approximate surface area is 108 Å². The van der Waals surface area contributed by atoms with Crippen molar-refractivity contribution in [3.05, 3.63) is 52.8 Å². The van der Waals surface area contributed by atoms with E-state index in [0.29, 0.717) is 17.1 Å². The quantitative estimate of drug-likeness (QED) is 0.839. The molecule has 0 spiro atoms. The van der Waals surface area contributed by atoms with Gasteiger partial charge < -0.3 is 10.5 Å². The van der Waals surface area contributed by atoms with Crippen molar-refractivity contribution in [3.8, 4) is 17.6 Å². The molecule has 2 aromatic carbocycles. The lowest BCUT2D eigenvalue weighted by Crippen LogP contribution is -1.93. The summed E-state index contributed by atoms with van der Waals surface area (Å²) < 4.78 is 18.3. The van der Waals surface area contributed by atoms with Gasteiger partial charge >= 0.3 is 0 Å². The van der Waals surface area contributed by atoms with Gasteiger partial charge in [0.2, 0.25) is 0 Å². The second kappa shape index (κ2) is 4.94.